The minimum atomic E-state index is 0.515. The Hall–Kier alpha value is -1.32. The molecule has 0 amide bonds. The lowest BCUT2D eigenvalue weighted by atomic mass is 10.2. The first-order valence-corrected chi connectivity index (χ1v) is 6.55. The van der Waals surface area contributed by atoms with Crippen molar-refractivity contribution in [2.24, 2.45) is 5.73 Å². The number of nitrogens with zero attached hydrogens (tertiary/aromatic N) is 1. The topological polar surface area (TPSA) is 38.5 Å². The molecule has 100 valence electrons. The van der Waals surface area contributed by atoms with Gasteiger partial charge in [0.2, 0.25) is 0 Å². The molecule has 0 aromatic heterocycles. The molecule has 0 spiro atoms. The molecule has 1 aromatic rings. The fourth-order valence-corrected chi connectivity index (χ4v) is 1.89. The summed E-state index contributed by atoms with van der Waals surface area (Å²) in [6.07, 6.45) is 3.08. The molecule has 1 aromatic carbocycles. The Morgan fingerprint density at radius 2 is 2.11 bits per heavy atom. The summed E-state index contributed by atoms with van der Waals surface area (Å²) in [5.41, 5.74) is 6.73. The maximum absolute atomic E-state index is 5.80. The SMILES string of the molecule is C=CCN(CCC)CCOc1ccccc1CN. The summed E-state index contributed by atoms with van der Waals surface area (Å²) in [6.45, 7) is 10.1. The highest BCUT2D eigenvalue weighted by Gasteiger charge is 2.04. The van der Waals surface area contributed by atoms with E-state index >= 15 is 0 Å². The van der Waals surface area contributed by atoms with Crippen LogP contribution in [-0.2, 0) is 6.54 Å². The van der Waals surface area contributed by atoms with E-state index in [0.717, 1.165) is 37.4 Å². The van der Waals surface area contributed by atoms with Crippen LogP contribution in [0.2, 0.25) is 0 Å². The molecule has 0 saturated carbocycles. The van der Waals surface area contributed by atoms with Crippen LogP contribution < -0.4 is 10.5 Å². The van der Waals surface area contributed by atoms with Gasteiger partial charge in [0, 0.05) is 25.2 Å². The normalized spacial score (nSPS) is 10.6. The summed E-state index contributed by atoms with van der Waals surface area (Å²) in [6, 6.07) is 7.93. The van der Waals surface area contributed by atoms with Gasteiger partial charge in [-0.1, -0.05) is 31.2 Å². The Bertz CT molecular complexity index is 352. The van der Waals surface area contributed by atoms with Gasteiger partial charge in [0.15, 0.2) is 0 Å². The highest BCUT2D eigenvalue weighted by molar-refractivity contribution is 5.32. The van der Waals surface area contributed by atoms with Crippen LogP contribution in [0.25, 0.3) is 0 Å². The summed E-state index contributed by atoms with van der Waals surface area (Å²) in [7, 11) is 0. The van der Waals surface area contributed by atoms with E-state index in [4.69, 9.17) is 10.5 Å². The van der Waals surface area contributed by atoms with Crippen LogP contribution in [-0.4, -0.2) is 31.1 Å². The molecule has 1 rings (SSSR count). The van der Waals surface area contributed by atoms with Crippen molar-refractivity contribution in [2.75, 3.05) is 26.2 Å². The maximum atomic E-state index is 5.80. The zero-order valence-corrected chi connectivity index (χ0v) is 11.3. The molecule has 0 fully saturated rings. The minimum absolute atomic E-state index is 0.515. The van der Waals surface area contributed by atoms with Crippen LogP contribution in [0, 0.1) is 0 Å². The average Bonchev–Trinajstić information content (AvgIpc) is 2.40. The molecular formula is C15H24N2O. The molecule has 3 heteroatoms. The fourth-order valence-electron chi connectivity index (χ4n) is 1.89. The van der Waals surface area contributed by atoms with E-state index in [0.29, 0.717) is 13.2 Å². The lowest BCUT2D eigenvalue weighted by Gasteiger charge is -2.20. The van der Waals surface area contributed by atoms with Crippen LogP contribution in [0.1, 0.15) is 18.9 Å². The van der Waals surface area contributed by atoms with Crippen LogP contribution in [0.5, 0.6) is 5.75 Å². The zero-order chi connectivity index (χ0) is 13.2. The second-order valence-electron chi connectivity index (χ2n) is 4.25. The van der Waals surface area contributed by atoms with Crippen molar-refractivity contribution in [2.45, 2.75) is 19.9 Å². The molecule has 2 N–H and O–H groups in total. The first kappa shape index (κ1) is 14.7. The number of hydrogen-bond donors (Lipinski definition) is 1. The highest BCUT2D eigenvalue weighted by atomic mass is 16.5. The molecule has 0 heterocycles. The van der Waals surface area contributed by atoms with Gasteiger partial charge in [0.1, 0.15) is 12.4 Å². The van der Waals surface area contributed by atoms with Gasteiger partial charge in [-0.15, -0.1) is 6.58 Å². The second kappa shape index (κ2) is 8.72. The van der Waals surface area contributed by atoms with Crippen molar-refractivity contribution in [3.05, 3.63) is 42.5 Å². The molecule has 0 aliphatic carbocycles. The Morgan fingerprint density at radius 1 is 1.33 bits per heavy atom. The quantitative estimate of drug-likeness (QED) is 0.682. The Morgan fingerprint density at radius 3 is 2.78 bits per heavy atom. The first-order valence-electron chi connectivity index (χ1n) is 6.55. The molecule has 0 saturated heterocycles. The number of ether oxygens (including phenoxy) is 1. The number of para-hydroxylation sites is 1. The van der Waals surface area contributed by atoms with Crippen LogP contribution in [0.4, 0.5) is 0 Å². The van der Waals surface area contributed by atoms with Gasteiger partial charge >= 0.3 is 0 Å². The third-order valence-corrected chi connectivity index (χ3v) is 2.78. The van der Waals surface area contributed by atoms with E-state index < -0.39 is 0 Å². The smallest absolute Gasteiger partial charge is 0.123 e. The largest absolute Gasteiger partial charge is 0.492 e. The molecular weight excluding hydrogens is 224 g/mol. The summed E-state index contributed by atoms with van der Waals surface area (Å²) in [5.74, 6) is 0.898. The maximum Gasteiger partial charge on any atom is 0.123 e. The molecule has 0 radical (unpaired) electrons. The Balaban J connectivity index is 2.41. The lowest BCUT2D eigenvalue weighted by molar-refractivity contribution is 0.222. The van der Waals surface area contributed by atoms with Gasteiger partial charge in [0.25, 0.3) is 0 Å². The minimum Gasteiger partial charge on any atom is -0.492 e. The predicted molar refractivity (Wildman–Crippen MR) is 76.8 cm³/mol. The Labute approximate surface area is 110 Å². The van der Waals surface area contributed by atoms with E-state index in [1.54, 1.807) is 0 Å². The summed E-state index contributed by atoms with van der Waals surface area (Å²) < 4.78 is 5.80. The molecule has 0 unspecified atom stereocenters. The molecule has 0 aliphatic rings. The highest BCUT2D eigenvalue weighted by Crippen LogP contribution is 2.16. The third-order valence-electron chi connectivity index (χ3n) is 2.78. The average molecular weight is 248 g/mol. The number of rotatable bonds is 9. The van der Waals surface area contributed by atoms with E-state index in [-0.39, 0.29) is 0 Å². The van der Waals surface area contributed by atoms with Crippen molar-refractivity contribution in [3.8, 4) is 5.75 Å². The summed E-state index contributed by atoms with van der Waals surface area (Å²) in [4.78, 5) is 2.33. The van der Waals surface area contributed by atoms with Crippen molar-refractivity contribution < 1.29 is 4.74 Å². The van der Waals surface area contributed by atoms with Crippen molar-refractivity contribution in [3.63, 3.8) is 0 Å². The third kappa shape index (κ3) is 4.90. The molecule has 18 heavy (non-hydrogen) atoms. The molecule has 3 nitrogen and oxygen atoms in total. The summed E-state index contributed by atoms with van der Waals surface area (Å²) >= 11 is 0. The monoisotopic (exact) mass is 248 g/mol. The number of nitrogens with two attached hydrogens (primary N) is 1. The van der Waals surface area contributed by atoms with Gasteiger partial charge in [-0.3, -0.25) is 4.90 Å². The molecule has 0 atom stereocenters. The lowest BCUT2D eigenvalue weighted by Crippen LogP contribution is -2.29. The van der Waals surface area contributed by atoms with Gasteiger partial charge in [0.05, 0.1) is 0 Å². The fraction of sp³-hybridized carbons (Fsp3) is 0.467. The zero-order valence-electron chi connectivity index (χ0n) is 11.3. The van der Waals surface area contributed by atoms with Crippen LogP contribution >= 0.6 is 0 Å². The standard InChI is InChI=1S/C15H24N2O/c1-3-9-17(10-4-2)11-12-18-15-8-6-5-7-14(15)13-16/h3,5-8H,1,4,9-13,16H2,2H3. The second-order valence-corrected chi connectivity index (χ2v) is 4.25. The number of hydrogen-bond acceptors (Lipinski definition) is 3. The van der Waals surface area contributed by atoms with Gasteiger partial charge in [-0.05, 0) is 19.0 Å². The van der Waals surface area contributed by atoms with Crippen molar-refractivity contribution in [1.82, 2.24) is 4.90 Å². The molecule has 0 aliphatic heterocycles. The Kier molecular flexibility index (Phi) is 7.14. The van der Waals surface area contributed by atoms with E-state index in [2.05, 4.69) is 18.4 Å². The van der Waals surface area contributed by atoms with E-state index in [1.807, 2.05) is 30.3 Å². The van der Waals surface area contributed by atoms with Crippen molar-refractivity contribution in [1.29, 1.82) is 0 Å². The number of benzene rings is 1. The predicted octanol–water partition coefficient (Wildman–Crippen LogP) is 2.42. The van der Waals surface area contributed by atoms with Gasteiger partial charge in [-0.2, -0.15) is 0 Å². The summed E-state index contributed by atoms with van der Waals surface area (Å²) in [5, 5.41) is 0. The van der Waals surface area contributed by atoms with Gasteiger partial charge in [-0.25, -0.2) is 0 Å². The molecule has 0 bridgehead atoms. The van der Waals surface area contributed by atoms with Crippen LogP contribution in [0.15, 0.2) is 36.9 Å². The van der Waals surface area contributed by atoms with E-state index in [9.17, 15) is 0 Å². The van der Waals surface area contributed by atoms with Gasteiger partial charge < -0.3 is 10.5 Å². The van der Waals surface area contributed by atoms with Crippen LogP contribution in [0.3, 0.4) is 0 Å². The van der Waals surface area contributed by atoms with E-state index in [1.165, 1.54) is 0 Å². The van der Waals surface area contributed by atoms with Crippen molar-refractivity contribution >= 4 is 0 Å². The first-order chi connectivity index (χ1) is 8.81.